The van der Waals surface area contributed by atoms with Crippen LogP contribution in [0.4, 0.5) is 29.1 Å². The van der Waals surface area contributed by atoms with E-state index in [1.54, 1.807) is 37.3 Å². The first-order valence-corrected chi connectivity index (χ1v) is 9.20. The maximum atomic E-state index is 12.7. The number of carbonyl (C=O) groups is 1. The molecule has 0 aliphatic rings. The molecule has 0 aliphatic heterocycles. The SMILES string of the molecule is COc1ccc(N(C)c2ccc(C(=O)c3ccc(OC(F)F)c(OC(F)F)c3)cn2)cc1. The van der Waals surface area contributed by atoms with Crippen LogP contribution in [0.5, 0.6) is 17.2 Å². The lowest BCUT2D eigenvalue weighted by molar-refractivity contribution is -0.0692. The minimum Gasteiger partial charge on any atom is -0.497 e. The van der Waals surface area contributed by atoms with Crippen LogP contribution in [0, 0.1) is 0 Å². The molecule has 2 aromatic carbocycles. The molecule has 0 aliphatic carbocycles. The van der Waals surface area contributed by atoms with Gasteiger partial charge >= 0.3 is 13.2 Å². The van der Waals surface area contributed by atoms with Crippen LogP contribution in [0.1, 0.15) is 15.9 Å². The predicted molar refractivity (Wildman–Crippen MR) is 108 cm³/mol. The highest BCUT2D eigenvalue weighted by atomic mass is 19.3. The predicted octanol–water partition coefficient (Wildman–Crippen LogP) is 5.29. The summed E-state index contributed by atoms with van der Waals surface area (Å²) in [5.41, 5.74) is 0.948. The van der Waals surface area contributed by atoms with Gasteiger partial charge in [-0.25, -0.2) is 4.98 Å². The second-order valence-corrected chi connectivity index (χ2v) is 6.41. The molecule has 10 heteroatoms. The average Bonchev–Trinajstić information content (AvgIpc) is 2.79. The number of alkyl halides is 4. The van der Waals surface area contributed by atoms with Crippen LogP contribution in [0.25, 0.3) is 0 Å². The Kier molecular flexibility index (Phi) is 7.14. The number of anilines is 2. The van der Waals surface area contributed by atoms with E-state index in [-0.39, 0.29) is 11.1 Å². The Hall–Kier alpha value is -3.82. The van der Waals surface area contributed by atoms with Crippen LogP contribution in [0.2, 0.25) is 0 Å². The van der Waals surface area contributed by atoms with E-state index in [0.29, 0.717) is 11.6 Å². The number of methoxy groups -OCH3 is 1. The minimum atomic E-state index is -3.28. The number of halogens is 4. The van der Waals surface area contributed by atoms with Gasteiger partial charge in [0.15, 0.2) is 17.3 Å². The van der Waals surface area contributed by atoms with Crippen molar-refractivity contribution in [3.63, 3.8) is 0 Å². The summed E-state index contributed by atoms with van der Waals surface area (Å²) < 4.78 is 63.7. The molecule has 0 radical (unpaired) electrons. The molecule has 1 aromatic heterocycles. The Bertz CT molecular complexity index is 1060. The number of rotatable bonds is 9. The molecule has 0 spiro atoms. The summed E-state index contributed by atoms with van der Waals surface area (Å²) in [5.74, 6) is -0.578. The molecule has 3 rings (SSSR count). The normalized spacial score (nSPS) is 10.9. The monoisotopic (exact) mass is 450 g/mol. The summed E-state index contributed by atoms with van der Waals surface area (Å²) in [7, 11) is 3.36. The fraction of sp³-hybridized carbons (Fsp3) is 0.182. The van der Waals surface area contributed by atoms with Crippen molar-refractivity contribution in [2.45, 2.75) is 13.2 Å². The lowest BCUT2D eigenvalue weighted by atomic mass is 10.0. The van der Waals surface area contributed by atoms with Gasteiger partial charge in [-0.15, -0.1) is 0 Å². The maximum Gasteiger partial charge on any atom is 0.387 e. The average molecular weight is 450 g/mol. The van der Waals surface area contributed by atoms with Crippen LogP contribution < -0.4 is 19.1 Å². The lowest BCUT2D eigenvalue weighted by Crippen LogP contribution is -2.12. The van der Waals surface area contributed by atoms with Crippen molar-refractivity contribution >= 4 is 17.3 Å². The van der Waals surface area contributed by atoms with Gasteiger partial charge in [0.2, 0.25) is 0 Å². The molecular weight excluding hydrogens is 432 g/mol. The third kappa shape index (κ3) is 5.45. The molecular formula is C22H18F4N2O4. The first kappa shape index (κ1) is 22.9. The second-order valence-electron chi connectivity index (χ2n) is 6.41. The van der Waals surface area contributed by atoms with Crippen molar-refractivity contribution in [2.24, 2.45) is 0 Å². The zero-order chi connectivity index (χ0) is 23.3. The van der Waals surface area contributed by atoms with Crippen LogP contribution in [0.15, 0.2) is 60.8 Å². The number of hydrogen-bond donors (Lipinski definition) is 0. The van der Waals surface area contributed by atoms with Crippen molar-refractivity contribution in [3.05, 3.63) is 71.9 Å². The summed E-state index contributed by atoms with van der Waals surface area (Å²) in [6, 6.07) is 13.5. The van der Waals surface area contributed by atoms with E-state index in [2.05, 4.69) is 14.5 Å². The molecule has 0 amide bonds. The van der Waals surface area contributed by atoms with Gasteiger partial charge in [0.25, 0.3) is 0 Å². The van der Waals surface area contributed by atoms with Gasteiger partial charge < -0.3 is 19.1 Å². The number of carbonyl (C=O) groups excluding carboxylic acids is 1. The van der Waals surface area contributed by atoms with Crippen molar-refractivity contribution in [1.29, 1.82) is 0 Å². The molecule has 0 fully saturated rings. The van der Waals surface area contributed by atoms with E-state index in [0.717, 1.165) is 17.8 Å². The van der Waals surface area contributed by atoms with Gasteiger partial charge in [-0.3, -0.25) is 4.79 Å². The molecule has 168 valence electrons. The Morgan fingerprint density at radius 3 is 2.06 bits per heavy atom. The first-order valence-electron chi connectivity index (χ1n) is 9.20. The van der Waals surface area contributed by atoms with E-state index in [1.807, 2.05) is 12.1 Å². The van der Waals surface area contributed by atoms with E-state index >= 15 is 0 Å². The minimum absolute atomic E-state index is 0.0553. The molecule has 0 N–H and O–H groups in total. The van der Waals surface area contributed by atoms with Crippen LogP contribution >= 0.6 is 0 Å². The van der Waals surface area contributed by atoms with Crippen molar-refractivity contribution in [3.8, 4) is 17.2 Å². The molecule has 3 aromatic rings. The molecule has 0 unspecified atom stereocenters. The zero-order valence-corrected chi connectivity index (χ0v) is 17.0. The summed E-state index contributed by atoms with van der Waals surface area (Å²) in [6.07, 6.45) is 1.33. The molecule has 0 saturated heterocycles. The Labute approximate surface area is 181 Å². The maximum absolute atomic E-state index is 12.7. The Morgan fingerprint density at radius 2 is 1.50 bits per heavy atom. The molecule has 6 nitrogen and oxygen atoms in total. The molecule has 0 saturated carbocycles. The van der Waals surface area contributed by atoms with Gasteiger partial charge in [-0.2, -0.15) is 17.6 Å². The fourth-order valence-electron chi connectivity index (χ4n) is 2.85. The topological polar surface area (TPSA) is 60.9 Å². The quantitative estimate of drug-likeness (QED) is 0.326. The number of nitrogens with zero attached hydrogens (tertiary/aromatic N) is 2. The molecule has 0 bridgehead atoms. The van der Waals surface area contributed by atoms with Crippen molar-refractivity contribution < 1.29 is 36.6 Å². The van der Waals surface area contributed by atoms with E-state index < -0.39 is 30.5 Å². The van der Waals surface area contributed by atoms with Crippen LogP contribution in [-0.2, 0) is 0 Å². The zero-order valence-electron chi connectivity index (χ0n) is 17.0. The van der Waals surface area contributed by atoms with Gasteiger partial charge in [-0.1, -0.05) is 0 Å². The standard InChI is InChI=1S/C22H18F4N2O4/c1-28(15-5-7-16(30-2)8-6-15)19-10-4-14(12-27-19)20(29)13-3-9-17(31-21(23)24)18(11-13)32-22(25)26/h3-12,21-22H,1-2H3. The highest BCUT2D eigenvalue weighted by Crippen LogP contribution is 2.32. The van der Waals surface area contributed by atoms with Gasteiger partial charge in [-0.05, 0) is 54.6 Å². The summed E-state index contributed by atoms with van der Waals surface area (Å²) >= 11 is 0. The highest BCUT2D eigenvalue weighted by molar-refractivity contribution is 6.09. The van der Waals surface area contributed by atoms with E-state index in [4.69, 9.17) is 4.74 Å². The lowest BCUT2D eigenvalue weighted by Gasteiger charge is -2.18. The summed E-state index contributed by atoms with van der Waals surface area (Å²) in [6.45, 7) is -6.52. The first-order chi connectivity index (χ1) is 15.3. The molecule has 1 heterocycles. The fourth-order valence-corrected chi connectivity index (χ4v) is 2.85. The number of aromatic nitrogens is 1. The van der Waals surface area contributed by atoms with Crippen molar-refractivity contribution in [1.82, 2.24) is 4.98 Å². The van der Waals surface area contributed by atoms with E-state index in [9.17, 15) is 22.4 Å². The van der Waals surface area contributed by atoms with Gasteiger partial charge in [0, 0.05) is 30.1 Å². The summed E-state index contributed by atoms with van der Waals surface area (Å²) in [5, 5.41) is 0. The Morgan fingerprint density at radius 1 is 0.875 bits per heavy atom. The summed E-state index contributed by atoms with van der Waals surface area (Å²) in [4.78, 5) is 18.8. The number of benzene rings is 2. The number of pyridine rings is 1. The van der Waals surface area contributed by atoms with Gasteiger partial charge in [0.05, 0.1) is 7.11 Å². The smallest absolute Gasteiger partial charge is 0.387 e. The van der Waals surface area contributed by atoms with E-state index in [1.165, 1.54) is 18.3 Å². The molecule has 32 heavy (non-hydrogen) atoms. The van der Waals surface area contributed by atoms with Crippen LogP contribution in [-0.4, -0.2) is 38.1 Å². The van der Waals surface area contributed by atoms with Crippen molar-refractivity contribution in [2.75, 3.05) is 19.1 Å². The number of ether oxygens (including phenoxy) is 3. The Balaban J connectivity index is 1.81. The van der Waals surface area contributed by atoms with Gasteiger partial charge in [0.1, 0.15) is 11.6 Å². The third-order valence-corrected chi connectivity index (χ3v) is 4.45. The highest BCUT2D eigenvalue weighted by Gasteiger charge is 2.19. The third-order valence-electron chi connectivity index (χ3n) is 4.45. The number of ketones is 1. The number of hydrogen-bond acceptors (Lipinski definition) is 6. The van der Waals surface area contributed by atoms with Crippen LogP contribution in [0.3, 0.4) is 0 Å². The second kappa shape index (κ2) is 9.99. The largest absolute Gasteiger partial charge is 0.497 e. The molecule has 0 atom stereocenters.